The van der Waals surface area contributed by atoms with Gasteiger partial charge in [0.1, 0.15) is 11.3 Å². The zero-order valence-corrected chi connectivity index (χ0v) is 14.8. The summed E-state index contributed by atoms with van der Waals surface area (Å²) >= 11 is 0. The van der Waals surface area contributed by atoms with Crippen LogP contribution in [0.25, 0.3) is 28.2 Å². The number of benzene rings is 3. The summed E-state index contributed by atoms with van der Waals surface area (Å²) in [5.74, 6) is 0.844. The number of ketones is 1. The fraction of sp³-hybridized carbons (Fsp3) is 0. The molecule has 0 radical (unpaired) electrons. The highest BCUT2D eigenvalue weighted by Crippen LogP contribution is 2.31. The molecule has 134 valence electrons. The Bertz CT molecular complexity index is 1270. The van der Waals surface area contributed by atoms with Crippen LogP contribution in [-0.4, -0.2) is 20.8 Å². The number of hydrogen-bond acceptors (Lipinski definition) is 4. The summed E-state index contributed by atoms with van der Waals surface area (Å²) in [6.07, 6.45) is 0. The van der Waals surface area contributed by atoms with Crippen LogP contribution < -0.4 is 0 Å². The summed E-state index contributed by atoms with van der Waals surface area (Å²) in [4.78, 5) is 13.2. The standard InChI is InChI=1S/C23H15N3O2/c27-22(17-11-5-2-6-12-17)18-15-21(16-9-3-1-4-10-16)28-23(18)26-20-14-8-7-13-19(20)24-25-26/h1-15H. The lowest BCUT2D eigenvalue weighted by molar-refractivity contribution is 0.103. The van der Waals surface area contributed by atoms with Crippen molar-refractivity contribution in [1.29, 1.82) is 0 Å². The third kappa shape index (κ3) is 2.70. The molecule has 0 aliphatic heterocycles. The van der Waals surface area contributed by atoms with Gasteiger partial charge in [0, 0.05) is 11.1 Å². The molecular formula is C23H15N3O2. The predicted octanol–water partition coefficient (Wildman–Crippen LogP) is 4.91. The SMILES string of the molecule is O=C(c1ccccc1)c1cc(-c2ccccc2)oc1-n1nnc2ccccc21. The first-order valence-corrected chi connectivity index (χ1v) is 8.91. The fourth-order valence-electron chi connectivity index (χ4n) is 3.21. The first kappa shape index (κ1) is 16.2. The maximum atomic E-state index is 13.2. The van der Waals surface area contributed by atoms with Crippen molar-refractivity contribution in [3.8, 4) is 17.2 Å². The number of carbonyl (C=O) groups excluding carboxylic acids is 1. The zero-order chi connectivity index (χ0) is 18.9. The Morgan fingerprint density at radius 2 is 1.50 bits per heavy atom. The number of hydrogen-bond donors (Lipinski definition) is 0. The van der Waals surface area contributed by atoms with Gasteiger partial charge in [-0.2, -0.15) is 4.68 Å². The minimum absolute atomic E-state index is 0.124. The number of fused-ring (bicyclic) bond motifs is 1. The minimum atomic E-state index is -0.124. The molecule has 5 heteroatoms. The molecule has 0 aliphatic rings. The van der Waals surface area contributed by atoms with Crippen molar-refractivity contribution >= 4 is 16.8 Å². The minimum Gasteiger partial charge on any atom is -0.437 e. The van der Waals surface area contributed by atoms with Crippen LogP contribution in [-0.2, 0) is 0 Å². The van der Waals surface area contributed by atoms with Gasteiger partial charge >= 0.3 is 0 Å². The van der Waals surface area contributed by atoms with E-state index in [2.05, 4.69) is 10.3 Å². The number of nitrogens with zero attached hydrogens (tertiary/aromatic N) is 3. The average Bonchev–Trinajstić information content (AvgIpc) is 3.39. The summed E-state index contributed by atoms with van der Waals surface area (Å²) in [7, 11) is 0. The number of furan rings is 1. The van der Waals surface area contributed by atoms with Crippen molar-refractivity contribution in [3.05, 3.63) is 102 Å². The van der Waals surface area contributed by atoms with Gasteiger partial charge in [0.05, 0.1) is 11.1 Å². The zero-order valence-electron chi connectivity index (χ0n) is 14.8. The Morgan fingerprint density at radius 1 is 0.821 bits per heavy atom. The lowest BCUT2D eigenvalue weighted by Gasteiger charge is -2.03. The van der Waals surface area contributed by atoms with E-state index in [1.54, 1.807) is 22.9 Å². The number of aromatic nitrogens is 3. The third-order valence-corrected chi connectivity index (χ3v) is 4.60. The fourth-order valence-corrected chi connectivity index (χ4v) is 3.21. The molecule has 0 atom stereocenters. The van der Waals surface area contributed by atoms with Gasteiger partial charge in [-0.15, -0.1) is 5.10 Å². The molecule has 3 aromatic carbocycles. The summed E-state index contributed by atoms with van der Waals surface area (Å²) in [5, 5.41) is 8.42. The van der Waals surface area contributed by atoms with Gasteiger partial charge in [-0.05, 0) is 18.2 Å². The molecule has 0 unspecified atom stereocenters. The molecule has 2 heterocycles. The molecule has 0 fully saturated rings. The second-order valence-electron chi connectivity index (χ2n) is 6.38. The van der Waals surface area contributed by atoms with E-state index in [4.69, 9.17) is 4.42 Å². The first-order valence-electron chi connectivity index (χ1n) is 8.91. The molecule has 2 aromatic heterocycles. The van der Waals surface area contributed by atoms with Crippen LogP contribution in [0, 0.1) is 0 Å². The van der Waals surface area contributed by atoms with E-state index in [1.165, 1.54) is 0 Å². The Hall–Kier alpha value is -3.99. The maximum Gasteiger partial charge on any atom is 0.233 e. The van der Waals surface area contributed by atoms with E-state index < -0.39 is 0 Å². The monoisotopic (exact) mass is 365 g/mol. The largest absolute Gasteiger partial charge is 0.437 e. The number of carbonyl (C=O) groups is 1. The van der Waals surface area contributed by atoms with Crippen molar-refractivity contribution in [3.63, 3.8) is 0 Å². The molecule has 0 N–H and O–H groups in total. The van der Waals surface area contributed by atoms with Gasteiger partial charge in [-0.25, -0.2) is 0 Å². The van der Waals surface area contributed by atoms with E-state index >= 15 is 0 Å². The second-order valence-corrected chi connectivity index (χ2v) is 6.38. The van der Waals surface area contributed by atoms with Crippen molar-refractivity contribution in [1.82, 2.24) is 15.0 Å². The third-order valence-electron chi connectivity index (χ3n) is 4.60. The molecule has 5 rings (SSSR count). The quantitative estimate of drug-likeness (QED) is 0.425. The molecule has 28 heavy (non-hydrogen) atoms. The van der Waals surface area contributed by atoms with Crippen molar-refractivity contribution in [2.45, 2.75) is 0 Å². The molecule has 0 spiro atoms. The lowest BCUT2D eigenvalue weighted by Crippen LogP contribution is -2.06. The maximum absolute atomic E-state index is 13.2. The van der Waals surface area contributed by atoms with E-state index in [-0.39, 0.29) is 5.78 Å². The lowest BCUT2D eigenvalue weighted by atomic mass is 10.0. The predicted molar refractivity (Wildman–Crippen MR) is 106 cm³/mol. The van der Waals surface area contributed by atoms with Crippen LogP contribution in [0.5, 0.6) is 0 Å². The van der Waals surface area contributed by atoms with E-state index in [0.717, 1.165) is 16.6 Å². The van der Waals surface area contributed by atoms with Gasteiger partial charge in [-0.1, -0.05) is 78.0 Å². The number of para-hydroxylation sites is 1. The van der Waals surface area contributed by atoms with E-state index in [1.807, 2.05) is 72.8 Å². The van der Waals surface area contributed by atoms with Crippen molar-refractivity contribution < 1.29 is 9.21 Å². The highest BCUT2D eigenvalue weighted by atomic mass is 16.4. The molecule has 5 aromatic rings. The van der Waals surface area contributed by atoms with Crippen LogP contribution in [0.3, 0.4) is 0 Å². The first-order chi connectivity index (χ1) is 13.8. The molecule has 0 bridgehead atoms. The van der Waals surface area contributed by atoms with Gasteiger partial charge in [-0.3, -0.25) is 4.79 Å². The van der Waals surface area contributed by atoms with Crippen LogP contribution in [0.4, 0.5) is 0 Å². The highest BCUT2D eigenvalue weighted by molar-refractivity contribution is 6.11. The Balaban J connectivity index is 1.73. The average molecular weight is 365 g/mol. The highest BCUT2D eigenvalue weighted by Gasteiger charge is 2.23. The van der Waals surface area contributed by atoms with E-state index in [9.17, 15) is 4.79 Å². The van der Waals surface area contributed by atoms with Crippen LogP contribution >= 0.6 is 0 Å². The topological polar surface area (TPSA) is 60.9 Å². The van der Waals surface area contributed by atoms with E-state index in [0.29, 0.717) is 22.8 Å². The Kier molecular flexibility index (Phi) is 3.84. The number of rotatable bonds is 4. The summed E-state index contributed by atoms with van der Waals surface area (Å²) < 4.78 is 7.72. The van der Waals surface area contributed by atoms with Crippen LogP contribution in [0.15, 0.2) is 95.4 Å². The summed E-state index contributed by atoms with van der Waals surface area (Å²) in [6, 6.07) is 28.2. The van der Waals surface area contributed by atoms with Crippen LogP contribution in [0.1, 0.15) is 15.9 Å². The molecule has 0 saturated carbocycles. The molecule has 0 aliphatic carbocycles. The summed E-state index contributed by atoms with van der Waals surface area (Å²) in [6.45, 7) is 0. The van der Waals surface area contributed by atoms with Gasteiger partial charge in [0.25, 0.3) is 0 Å². The molecular weight excluding hydrogens is 350 g/mol. The van der Waals surface area contributed by atoms with Gasteiger partial charge in [0.15, 0.2) is 5.78 Å². The molecule has 0 amide bonds. The molecule has 5 nitrogen and oxygen atoms in total. The Morgan fingerprint density at radius 3 is 2.29 bits per heavy atom. The Labute approximate surface area is 160 Å². The molecule has 0 saturated heterocycles. The van der Waals surface area contributed by atoms with Crippen molar-refractivity contribution in [2.75, 3.05) is 0 Å². The second kappa shape index (κ2) is 6.63. The van der Waals surface area contributed by atoms with Crippen molar-refractivity contribution in [2.24, 2.45) is 0 Å². The van der Waals surface area contributed by atoms with Gasteiger partial charge < -0.3 is 4.42 Å². The summed E-state index contributed by atoms with van der Waals surface area (Å²) in [5.41, 5.74) is 3.44. The van der Waals surface area contributed by atoms with Crippen LogP contribution in [0.2, 0.25) is 0 Å². The smallest absolute Gasteiger partial charge is 0.233 e. The van der Waals surface area contributed by atoms with Gasteiger partial charge in [0.2, 0.25) is 5.88 Å². The normalized spacial score (nSPS) is 11.0.